The van der Waals surface area contributed by atoms with Crippen LogP contribution in [0.5, 0.6) is 0 Å². The van der Waals surface area contributed by atoms with Crippen LogP contribution in [-0.4, -0.2) is 22.2 Å². The standard InChI is InChI=1S/C12H15FN2O3/c1-12(7-16,8-2-3-8)14-10-5-4-9(13)6-11(10)15(17)18/h4-6,8,14,16H,2-3,7H2,1H3. The van der Waals surface area contributed by atoms with E-state index < -0.39 is 16.3 Å². The van der Waals surface area contributed by atoms with Gasteiger partial charge in [-0.2, -0.15) is 0 Å². The van der Waals surface area contributed by atoms with E-state index in [4.69, 9.17) is 0 Å². The Balaban J connectivity index is 2.30. The van der Waals surface area contributed by atoms with Crippen molar-refractivity contribution in [1.29, 1.82) is 0 Å². The number of nitrogens with zero attached hydrogens (tertiary/aromatic N) is 1. The summed E-state index contributed by atoms with van der Waals surface area (Å²) in [4.78, 5) is 10.2. The SMILES string of the molecule is CC(CO)(Nc1ccc(F)cc1[N+](=O)[O-])C1CC1. The number of hydrogen-bond donors (Lipinski definition) is 2. The Morgan fingerprint density at radius 3 is 2.78 bits per heavy atom. The second kappa shape index (κ2) is 4.53. The van der Waals surface area contributed by atoms with Gasteiger partial charge in [0.25, 0.3) is 5.69 Å². The topological polar surface area (TPSA) is 75.4 Å². The van der Waals surface area contributed by atoms with Crippen LogP contribution in [0.2, 0.25) is 0 Å². The lowest BCUT2D eigenvalue weighted by atomic mass is 9.96. The summed E-state index contributed by atoms with van der Waals surface area (Å²) in [5.74, 6) is -0.350. The molecule has 0 spiro atoms. The molecule has 6 heteroatoms. The normalized spacial score (nSPS) is 18.2. The molecule has 1 fully saturated rings. The van der Waals surface area contributed by atoms with Gasteiger partial charge >= 0.3 is 0 Å². The predicted octanol–water partition coefficient (Wildman–Crippen LogP) is 2.31. The maximum atomic E-state index is 13.0. The lowest BCUT2D eigenvalue weighted by Gasteiger charge is -2.29. The smallest absolute Gasteiger partial charge is 0.295 e. The van der Waals surface area contributed by atoms with Gasteiger partial charge in [-0.1, -0.05) is 0 Å². The van der Waals surface area contributed by atoms with Gasteiger partial charge in [0, 0.05) is 0 Å². The van der Waals surface area contributed by atoms with Crippen LogP contribution in [0.3, 0.4) is 0 Å². The number of nitrogens with one attached hydrogen (secondary N) is 1. The monoisotopic (exact) mass is 254 g/mol. The maximum absolute atomic E-state index is 13.0. The Morgan fingerprint density at radius 1 is 1.61 bits per heavy atom. The van der Waals surface area contributed by atoms with Crippen LogP contribution in [0.1, 0.15) is 19.8 Å². The molecule has 1 atom stereocenters. The third-order valence-electron chi connectivity index (χ3n) is 3.38. The molecule has 18 heavy (non-hydrogen) atoms. The van der Waals surface area contributed by atoms with E-state index in [1.807, 2.05) is 6.92 Å². The van der Waals surface area contributed by atoms with Gasteiger partial charge in [0.1, 0.15) is 11.5 Å². The molecular weight excluding hydrogens is 239 g/mol. The van der Waals surface area contributed by atoms with Gasteiger partial charge in [0.2, 0.25) is 0 Å². The number of halogens is 1. The van der Waals surface area contributed by atoms with Gasteiger partial charge in [0.05, 0.1) is 23.1 Å². The number of aliphatic hydroxyl groups excluding tert-OH is 1. The number of benzene rings is 1. The highest BCUT2D eigenvalue weighted by Gasteiger charge is 2.42. The summed E-state index contributed by atoms with van der Waals surface area (Å²) in [5.41, 5.74) is -0.664. The molecule has 5 nitrogen and oxygen atoms in total. The van der Waals surface area contributed by atoms with Gasteiger partial charge < -0.3 is 10.4 Å². The largest absolute Gasteiger partial charge is 0.394 e. The van der Waals surface area contributed by atoms with E-state index in [2.05, 4.69) is 5.32 Å². The van der Waals surface area contributed by atoms with Gasteiger partial charge in [-0.15, -0.1) is 0 Å². The van der Waals surface area contributed by atoms with Crippen LogP contribution in [0.15, 0.2) is 18.2 Å². The minimum atomic E-state index is -0.649. The lowest BCUT2D eigenvalue weighted by molar-refractivity contribution is -0.384. The summed E-state index contributed by atoms with van der Waals surface area (Å²) < 4.78 is 13.0. The van der Waals surface area contributed by atoms with Crippen LogP contribution in [0.25, 0.3) is 0 Å². The summed E-state index contributed by atoms with van der Waals surface area (Å²) >= 11 is 0. The van der Waals surface area contributed by atoms with E-state index in [1.165, 1.54) is 12.1 Å². The van der Waals surface area contributed by atoms with E-state index in [1.54, 1.807) is 0 Å². The molecule has 1 aliphatic rings. The molecule has 0 heterocycles. The summed E-state index contributed by atoms with van der Waals surface area (Å²) in [6, 6.07) is 3.39. The van der Waals surface area contributed by atoms with E-state index in [-0.39, 0.29) is 18.0 Å². The van der Waals surface area contributed by atoms with Crippen LogP contribution >= 0.6 is 0 Å². The molecule has 2 rings (SSSR count). The van der Waals surface area contributed by atoms with Gasteiger partial charge in [-0.05, 0) is 37.8 Å². The summed E-state index contributed by atoms with van der Waals surface area (Å²) in [6.45, 7) is 1.70. The number of nitro groups is 1. The fraction of sp³-hybridized carbons (Fsp3) is 0.500. The number of rotatable bonds is 5. The Labute approximate surface area is 104 Å². The zero-order valence-electron chi connectivity index (χ0n) is 10.0. The molecule has 1 aromatic carbocycles. The fourth-order valence-corrected chi connectivity index (χ4v) is 2.06. The van der Waals surface area contributed by atoms with Crippen LogP contribution < -0.4 is 5.32 Å². The highest BCUT2D eigenvalue weighted by atomic mass is 19.1. The Hall–Kier alpha value is -1.69. The Morgan fingerprint density at radius 2 is 2.28 bits per heavy atom. The molecule has 0 bridgehead atoms. The second-order valence-electron chi connectivity index (χ2n) is 4.89. The van der Waals surface area contributed by atoms with Crippen LogP contribution in [-0.2, 0) is 0 Å². The zero-order chi connectivity index (χ0) is 13.3. The first-order valence-electron chi connectivity index (χ1n) is 5.79. The van der Waals surface area contributed by atoms with Gasteiger partial charge in [0.15, 0.2) is 0 Å². The number of nitro benzene ring substituents is 1. The zero-order valence-corrected chi connectivity index (χ0v) is 10.0. The van der Waals surface area contributed by atoms with E-state index >= 15 is 0 Å². The van der Waals surface area contributed by atoms with Gasteiger partial charge in [-0.3, -0.25) is 10.1 Å². The van der Waals surface area contributed by atoms with E-state index in [0.29, 0.717) is 5.92 Å². The van der Waals surface area contributed by atoms with Crippen molar-refractivity contribution in [1.82, 2.24) is 0 Å². The highest BCUT2D eigenvalue weighted by molar-refractivity contribution is 5.62. The number of aliphatic hydroxyl groups is 1. The first kappa shape index (κ1) is 12.8. The lowest BCUT2D eigenvalue weighted by Crippen LogP contribution is -2.41. The average molecular weight is 254 g/mol. The quantitative estimate of drug-likeness (QED) is 0.624. The van der Waals surface area contributed by atoms with E-state index in [0.717, 1.165) is 18.9 Å². The first-order chi connectivity index (χ1) is 8.46. The molecule has 1 saturated carbocycles. The van der Waals surface area contributed by atoms with Crippen molar-refractivity contribution in [2.75, 3.05) is 11.9 Å². The fourth-order valence-electron chi connectivity index (χ4n) is 2.06. The third-order valence-corrected chi connectivity index (χ3v) is 3.38. The predicted molar refractivity (Wildman–Crippen MR) is 64.9 cm³/mol. The summed E-state index contributed by atoms with van der Waals surface area (Å²) in [5, 5.41) is 23.3. The molecule has 2 N–H and O–H groups in total. The molecule has 0 saturated heterocycles. The summed E-state index contributed by atoms with van der Waals surface area (Å²) in [7, 11) is 0. The molecule has 1 unspecified atom stereocenters. The minimum absolute atomic E-state index is 0.119. The van der Waals surface area contributed by atoms with Crippen LogP contribution in [0, 0.1) is 21.8 Å². The molecule has 98 valence electrons. The molecule has 0 aromatic heterocycles. The molecule has 1 aromatic rings. The Bertz CT molecular complexity index is 476. The molecule has 1 aliphatic carbocycles. The maximum Gasteiger partial charge on any atom is 0.295 e. The van der Waals surface area contributed by atoms with Crippen molar-refractivity contribution in [2.45, 2.75) is 25.3 Å². The Kier molecular flexibility index (Phi) is 3.21. The highest BCUT2D eigenvalue weighted by Crippen LogP contribution is 2.42. The van der Waals surface area contributed by atoms with Gasteiger partial charge in [-0.25, -0.2) is 4.39 Å². The third kappa shape index (κ3) is 2.43. The minimum Gasteiger partial charge on any atom is -0.394 e. The summed E-state index contributed by atoms with van der Waals surface area (Å²) in [6.07, 6.45) is 1.97. The molecule has 0 amide bonds. The van der Waals surface area contributed by atoms with Crippen LogP contribution in [0.4, 0.5) is 15.8 Å². The molecular formula is C12H15FN2O3. The molecule has 0 radical (unpaired) electrons. The average Bonchev–Trinajstić information content (AvgIpc) is 3.15. The van der Waals surface area contributed by atoms with Crippen molar-refractivity contribution in [3.8, 4) is 0 Å². The van der Waals surface area contributed by atoms with Crippen molar-refractivity contribution in [3.05, 3.63) is 34.1 Å². The van der Waals surface area contributed by atoms with Crippen molar-refractivity contribution < 1.29 is 14.4 Å². The molecule has 0 aliphatic heterocycles. The second-order valence-corrected chi connectivity index (χ2v) is 4.89. The first-order valence-corrected chi connectivity index (χ1v) is 5.79. The number of anilines is 1. The van der Waals surface area contributed by atoms with Crippen molar-refractivity contribution in [2.24, 2.45) is 5.92 Å². The van der Waals surface area contributed by atoms with Crippen molar-refractivity contribution in [3.63, 3.8) is 0 Å². The van der Waals surface area contributed by atoms with Crippen molar-refractivity contribution >= 4 is 11.4 Å². The number of hydrogen-bond acceptors (Lipinski definition) is 4. The van der Waals surface area contributed by atoms with E-state index in [9.17, 15) is 19.6 Å².